The minimum Gasteiger partial charge on any atom is -0.417 e. The number of ether oxygens (including phenoxy) is 3. The summed E-state index contributed by atoms with van der Waals surface area (Å²) < 4.78 is 34.2. The van der Waals surface area contributed by atoms with Gasteiger partial charge in [0.05, 0.1) is 37.6 Å². The molecule has 1 heterocycles. The van der Waals surface area contributed by atoms with Crippen molar-refractivity contribution in [3.8, 4) is 0 Å². The molecule has 0 aromatic heterocycles. The summed E-state index contributed by atoms with van der Waals surface area (Å²) in [7, 11) is -3.94. The Morgan fingerprint density at radius 2 is 1.25 bits per heavy atom. The Balaban J connectivity index is 1.87. The van der Waals surface area contributed by atoms with Gasteiger partial charge in [0.15, 0.2) is 16.6 Å². The van der Waals surface area contributed by atoms with E-state index in [1.807, 2.05) is 12.1 Å². The van der Waals surface area contributed by atoms with Gasteiger partial charge < -0.3 is 23.1 Å². The van der Waals surface area contributed by atoms with Crippen LogP contribution < -0.4 is 0 Å². The van der Waals surface area contributed by atoms with Gasteiger partial charge in [-0.15, -0.1) is 0 Å². The monoisotopic (exact) mass is 642 g/mol. The Hall–Kier alpha value is -1.33. The molecule has 1 aliphatic heterocycles. The molecule has 248 valence electrons. The largest absolute Gasteiger partial charge is 0.417 e. The Labute approximate surface area is 271 Å². The van der Waals surface area contributed by atoms with Gasteiger partial charge in [-0.2, -0.15) is 0 Å². The van der Waals surface area contributed by atoms with Crippen molar-refractivity contribution in [1.29, 1.82) is 0 Å². The van der Waals surface area contributed by atoms with Crippen molar-refractivity contribution in [3.63, 3.8) is 0 Å². The maximum Gasteiger partial charge on any atom is 0.192 e. The second kappa shape index (κ2) is 14.6. The van der Waals surface area contributed by atoms with Crippen molar-refractivity contribution in [3.05, 3.63) is 71.8 Å². The van der Waals surface area contributed by atoms with Crippen LogP contribution in [-0.4, -0.2) is 53.3 Å². The lowest BCUT2D eigenvalue weighted by atomic mass is 9.80. The summed E-state index contributed by atoms with van der Waals surface area (Å²) in [5.41, 5.74) is 1.15. The van der Waals surface area contributed by atoms with E-state index < -0.39 is 27.8 Å². The smallest absolute Gasteiger partial charge is 0.192 e. The lowest BCUT2D eigenvalue weighted by Crippen LogP contribution is -2.65. The molecule has 0 unspecified atom stereocenters. The van der Waals surface area contributed by atoms with Crippen LogP contribution in [0.3, 0.4) is 0 Å². The van der Waals surface area contributed by atoms with Crippen molar-refractivity contribution in [2.75, 3.05) is 13.2 Å². The van der Waals surface area contributed by atoms with E-state index in [9.17, 15) is 0 Å². The highest BCUT2D eigenvalue weighted by atomic mass is 28.4. The van der Waals surface area contributed by atoms with E-state index in [1.54, 1.807) is 0 Å². The van der Waals surface area contributed by atoms with Crippen LogP contribution in [0.1, 0.15) is 85.8 Å². The van der Waals surface area contributed by atoms with Crippen molar-refractivity contribution >= 4 is 16.6 Å². The highest BCUT2D eigenvalue weighted by molar-refractivity contribution is 6.74. The number of benzene rings is 2. The Kier molecular flexibility index (Phi) is 12.3. The summed E-state index contributed by atoms with van der Waals surface area (Å²) in [5.74, 6) is 0. The van der Waals surface area contributed by atoms with Gasteiger partial charge in [-0.05, 0) is 74.1 Å². The zero-order valence-corrected chi connectivity index (χ0v) is 31.9. The molecule has 0 radical (unpaired) electrons. The molecule has 2 aromatic carbocycles. The number of rotatable bonds is 14. The average molecular weight is 643 g/mol. The third-order valence-electron chi connectivity index (χ3n) is 10.4. The summed E-state index contributed by atoms with van der Waals surface area (Å²) in [6.07, 6.45) is 2.23. The molecule has 0 bridgehead atoms. The average Bonchev–Trinajstić information content (AvgIpc) is 2.92. The quantitative estimate of drug-likeness (QED) is 0.152. The minimum atomic E-state index is -2.11. The first-order valence-corrected chi connectivity index (χ1v) is 22.4. The first-order chi connectivity index (χ1) is 20.3. The molecule has 2 aromatic rings. The van der Waals surface area contributed by atoms with E-state index in [-0.39, 0.29) is 22.3 Å². The van der Waals surface area contributed by atoms with Crippen LogP contribution in [0.5, 0.6) is 0 Å². The zero-order valence-electron chi connectivity index (χ0n) is 29.9. The molecule has 0 saturated carbocycles. The molecule has 5 nitrogen and oxygen atoms in total. The fourth-order valence-corrected chi connectivity index (χ4v) is 7.82. The second-order valence-electron chi connectivity index (χ2n) is 16.3. The van der Waals surface area contributed by atoms with Crippen LogP contribution in [0.2, 0.25) is 36.3 Å². The molecule has 0 spiro atoms. The van der Waals surface area contributed by atoms with E-state index in [2.05, 4.69) is 130 Å². The molecule has 1 fully saturated rings. The van der Waals surface area contributed by atoms with Crippen LogP contribution >= 0.6 is 0 Å². The SMILES string of the molecule is CC(C)(C)[Si](C)(C)OCCC[C@@]1(C)O[C@@](C)(COCc2ccccc2)[C@H](OCc2ccccc2)C[C@@H]1O[Si](C)(C)C(C)(C)C. The summed E-state index contributed by atoms with van der Waals surface area (Å²) in [6, 6.07) is 20.7. The molecule has 7 heteroatoms. The molecule has 4 atom stereocenters. The summed E-state index contributed by atoms with van der Waals surface area (Å²) in [5, 5.41) is 0.267. The zero-order chi connectivity index (χ0) is 32.9. The predicted octanol–water partition coefficient (Wildman–Crippen LogP) is 9.92. The van der Waals surface area contributed by atoms with Gasteiger partial charge in [-0.25, -0.2) is 0 Å². The molecule has 1 aliphatic rings. The predicted molar refractivity (Wildman–Crippen MR) is 188 cm³/mol. The first kappa shape index (κ1) is 37.1. The molecule has 0 amide bonds. The van der Waals surface area contributed by atoms with Gasteiger partial charge in [0, 0.05) is 13.0 Å². The lowest BCUT2D eigenvalue weighted by molar-refractivity contribution is -0.286. The highest BCUT2D eigenvalue weighted by Crippen LogP contribution is 2.46. The summed E-state index contributed by atoms with van der Waals surface area (Å²) >= 11 is 0. The first-order valence-electron chi connectivity index (χ1n) is 16.6. The van der Waals surface area contributed by atoms with E-state index in [1.165, 1.54) is 0 Å². The Morgan fingerprint density at radius 1 is 0.727 bits per heavy atom. The topological polar surface area (TPSA) is 46.2 Å². The lowest BCUT2D eigenvalue weighted by Gasteiger charge is -2.55. The van der Waals surface area contributed by atoms with Gasteiger partial charge in [0.1, 0.15) is 5.60 Å². The van der Waals surface area contributed by atoms with Gasteiger partial charge in [-0.3, -0.25) is 0 Å². The maximum absolute atomic E-state index is 7.27. The van der Waals surface area contributed by atoms with Crippen LogP contribution in [0, 0.1) is 0 Å². The van der Waals surface area contributed by atoms with E-state index in [0.29, 0.717) is 19.8 Å². The van der Waals surface area contributed by atoms with Crippen molar-refractivity contribution in [1.82, 2.24) is 0 Å². The van der Waals surface area contributed by atoms with Crippen molar-refractivity contribution in [2.45, 2.75) is 148 Å². The van der Waals surface area contributed by atoms with Crippen LogP contribution in [-0.2, 0) is 36.3 Å². The molecular formula is C37H62O5Si2. The molecule has 0 aliphatic carbocycles. The molecular weight excluding hydrogens is 581 g/mol. The van der Waals surface area contributed by atoms with Gasteiger partial charge in [-0.1, -0.05) is 102 Å². The fourth-order valence-electron chi connectivity index (χ4n) is 5.32. The number of hydrogen-bond donors (Lipinski definition) is 0. The third kappa shape index (κ3) is 9.84. The van der Waals surface area contributed by atoms with Gasteiger partial charge in [0.25, 0.3) is 0 Å². The Bertz CT molecular complexity index is 1140. The molecule has 0 N–H and O–H groups in total. The minimum absolute atomic E-state index is 0.0826. The maximum atomic E-state index is 7.27. The normalized spacial score (nSPS) is 25.3. The molecule has 1 saturated heterocycles. The fraction of sp³-hybridized carbons (Fsp3) is 0.676. The van der Waals surface area contributed by atoms with Crippen LogP contribution in [0.15, 0.2) is 60.7 Å². The number of hydrogen-bond acceptors (Lipinski definition) is 5. The molecule has 44 heavy (non-hydrogen) atoms. The van der Waals surface area contributed by atoms with Crippen LogP contribution in [0.4, 0.5) is 0 Å². The standard InChI is InChI=1S/C37H62O5Si2/c1-34(2,3)43(9,10)40-25-19-24-36(7)33(41-44(11,12)35(4,5)6)26-32(39-28-31-22-17-14-18-23-31)37(8,42-36)29-38-27-30-20-15-13-16-21-30/h13-18,20-23,32-33H,19,24-29H2,1-12H3/t32-,33+,36-,37+/m1/s1. The van der Waals surface area contributed by atoms with Gasteiger partial charge >= 0.3 is 0 Å². The second-order valence-corrected chi connectivity index (χ2v) is 25.9. The summed E-state index contributed by atoms with van der Waals surface area (Å²) in [6.45, 7) is 29.8. The van der Waals surface area contributed by atoms with E-state index in [0.717, 1.165) is 37.0 Å². The highest BCUT2D eigenvalue weighted by Gasteiger charge is 2.55. The van der Waals surface area contributed by atoms with E-state index >= 15 is 0 Å². The van der Waals surface area contributed by atoms with E-state index in [4.69, 9.17) is 23.1 Å². The van der Waals surface area contributed by atoms with Crippen molar-refractivity contribution in [2.24, 2.45) is 0 Å². The summed E-state index contributed by atoms with van der Waals surface area (Å²) in [4.78, 5) is 0. The van der Waals surface area contributed by atoms with Crippen molar-refractivity contribution < 1.29 is 23.1 Å². The Morgan fingerprint density at radius 3 is 1.77 bits per heavy atom. The molecule has 3 rings (SSSR count). The van der Waals surface area contributed by atoms with Gasteiger partial charge in [0.2, 0.25) is 0 Å². The van der Waals surface area contributed by atoms with Crippen LogP contribution in [0.25, 0.3) is 0 Å². The third-order valence-corrected chi connectivity index (χ3v) is 19.4.